The van der Waals surface area contributed by atoms with Crippen molar-refractivity contribution in [1.82, 2.24) is 19.4 Å². The Kier molecular flexibility index (Phi) is 5.16. The van der Waals surface area contributed by atoms with E-state index in [0.29, 0.717) is 18.7 Å². The topological polar surface area (TPSA) is 60.2 Å². The molecule has 6 nitrogen and oxygen atoms in total. The molecule has 1 amide bonds. The van der Waals surface area contributed by atoms with Crippen LogP contribution in [0.1, 0.15) is 35.2 Å². The number of carbonyl (C=O) groups excluding carboxylic acids is 1. The van der Waals surface area contributed by atoms with Crippen LogP contribution in [0.15, 0.2) is 48.9 Å². The van der Waals surface area contributed by atoms with Crippen molar-refractivity contribution in [1.29, 1.82) is 0 Å². The number of pyridine rings is 1. The average molecular weight is 364 g/mol. The van der Waals surface area contributed by atoms with Crippen LogP contribution in [0.2, 0.25) is 0 Å². The Bertz CT molecular complexity index is 916. The Hall–Kier alpha value is -2.73. The monoisotopic (exact) mass is 364 g/mol. The molecule has 140 valence electrons. The molecule has 0 spiro atoms. The Morgan fingerprint density at radius 1 is 1.26 bits per heavy atom. The average Bonchev–Trinajstić information content (AvgIpc) is 3.11. The summed E-state index contributed by atoms with van der Waals surface area (Å²) in [6.07, 6.45) is 6.84. The summed E-state index contributed by atoms with van der Waals surface area (Å²) in [5.74, 6) is -0.0452. The van der Waals surface area contributed by atoms with E-state index < -0.39 is 0 Å². The van der Waals surface area contributed by atoms with Gasteiger partial charge in [-0.15, -0.1) is 0 Å². The van der Waals surface area contributed by atoms with Gasteiger partial charge in [-0.25, -0.2) is 9.97 Å². The number of hydrogen-bond donors (Lipinski definition) is 0. The maximum Gasteiger partial charge on any atom is 0.255 e. The van der Waals surface area contributed by atoms with Crippen LogP contribution in [0.5, 0.6) is 0 Å². The molecule has 0 saturated carbocycles. The summed E-state index contributed by atoms with van der Waals surface area (Å²) in [6.45, 7) is 2.11. The van der Waals surface area contributed by atoms with Gasteiger partial charge in [0.05, 0.1) is 24.5 Å². The fraction of sp³-hybridized carbons (Fsp3) is 0.381. The predicted octanol–water partition coefficient (Wildman–Crippen LogP) is 3.12. The number of rotatable bonds is 5. The summed E-state index contributed by atoms with van der Waals surface area (Å²) in [7, 11) is 1.82. The van der Waals surface area contributed by atoms with E-state index in [4.69, 9.17) is 4.74 Å². The number of ether oxygens (including phenoxy) is 1. The number of nitrogens with zero attached hydrogens (tertiary/aromatic N) is 4. The van der Waals surface area contributed by atoms with Gasteiger partial charge in [-0.2, -0.15) is 0 Å². The van der Waals surface area contributed by atoms with Gasteiger partial charge in [0.2, 0.25) is 0 Å². The normalized spacial score (nSPS) is 17.1. The van der Waals surface area contributed by atoms with E-state index >= 15 is 0 Å². The second-order valence-corrected chi connectivity index (χ2v) is 7.10. The van der Waals surface area contributed by atoms with Crippen LogP contribution in [0, 0.1) is 0 Å². The first kappa shape index (κ1) is 17.7. The van der Waals surface area contributed by atoms with Gasteiger partial charge in [0, 0.05) is 26.4 Å². The Morgan fingerprint density at radius 2 is 2.11 bits per heavy atom. The van der Waals surface area contributed by atoms with Crippen LogP contribution in [-0.4, -0.2) is 51.6 Å². The maximum atomic E-state index is 12.8. The van der Waals surface area contributed by atoms with E-state index in [9.17, 15) is 4.79 Å². The quantitative estimate of drug-likeness (QED) is 0.698. The van der Waals surface area contributed by atoms with Gasteiger partial charge in [0.15, 0.2) is 5.65 Å². The van der Waals surface area contributed by atoms with E-state index in [0.717, 1.165) is 30.6 Å². The maximum absolute atomic E-state index is 12.8. The summed E-state index contributed by atoms with van der Waals surface area (Å²) in [4.78, 5) is 23.4. The Labute approximate surface area is 158 Å². The van der Waals surface area contributed by atoms with Crippen LogP contribution in [0.4, 0.5) is 0 Å². The highest BCUT2D eigenvalue weighted by Crippen LogP contribution is 2.17. The predicted molar refractivity (Wildman–Crippen MR) is 104 cm³/mol. The fourth-order valence-corrected chi connectivity index (χ4v) is 3.52. The number of carbonyl (C=O) groups is 1. The summed E-state index contributed by atoms with van der Waals surface area (Å²) in [5, 5.41) is 0. The molecule has 0 bridgehead atoms. The lowest BCUT2D eigenvalue weighted by Crippen LogP contribution is -2.37. The molecular formula is C21H24N4O2. The molecule has 0 radical (unpaired) electrons. The van der Waals surface area contributed by atoms with Crippen molar-refractivity contribution < 1.29 is 9.53 Å². The summed E-state index contributed by atoms with van der Waals surface area (Å²) >= 11 is 0. The third-order valence-electron chi connectivity index (χ3n) is 5.00. The zero-order valence-corrected chi connectivity index (χ0v) is 15.5. The number of aromatic nitrogens is 3. The van der Waals surface area contributed by atoms with Crippen molar-refractivity contribution in [2.24, 2.45) is 0 Å². The number of hydrogen-bond acceptors (Lipinski definition) is 4. The lowest BCUT2D eigenvalue weighted by molar-refractivity contribution is -0.000191. The SMILES string of the molecule is CN(CC1CCCCO1)C(=O)c1cnc2c(c1)ncn2Cc1ccccc1. The lowest BCUT2D eigenvalue weighted by Gasteiger charge is -2.27. The van der Waals surface area contributed by atoms with Crippen molar-refractivity contribution >= 4 is 17.1 Å². The molecule has 1 unspecified atom stereocenters. The highest BCUT2D eigenvalue weighted by atomic mass is 16.5. The zero-order chi connectivity index (χ0) is 18.6. The number of likely N-dealkylation sites (N-methyl/N-ethyl adjacent to an activating group) is 1. The molecule has 3 aromatic rings. The van der Waals surface area contributed by atoms with Crippen molar-refractivity contribution in [2.45, 2.75) is 31.9 Å². The zero-order valence-electron chi connectivity index (χ0n) is 15.5. The molecule has 1 aliphatic heterocycles. The first-order valence-electron chi connectivity index (χ1n) is 9.42. The Morgan fingerprint density at radius 3 is 2.89 bits per heavy atom. The van der Waals surface area contributed by atoms with Crippen LogP contribution in [-0.2, 0) is 11.3 Å². The van der Waals surface area contributed by atoms with Gasteiger partial charge < -0.3 is 14.2 Å². The molecule has 0 aliphatic carbocycles. The summed E-state index contributed by atoms with van der Waals surface area (Å²) < 4.78 is 7.74. The highest BCUT2D eigenvalue weighted by Gasteiger charge is 2.20. The smallest absolute Gasteiger partial charge is 0.255 e. The number of fused-ring (bicyclic) bond motifs is 1. The van der Waals surface area contributed by atoms with Gasteiger partial charge in [0.1, 0.15) is 5.52 Å². The van der Waals surface area contributed by atoms with Crippen LogP contribution in [0.25, 0.3) is 11.2 Å². The molecule has 1 aromatic carbocycles. The van der Waals surface area contributed by atoms with Crippen molar-refractivity contribution in [3.8, 4) is 0 Å². The number of amides is 1. The fourth-order valence-electron chi connectivity index (χ4n) is 3.52. The highest BCUT2D eigenvalue weighted by molar-refractivity contribution is 5.96. The molecule has 6 heteroatoms. The van der Waals surface area contributed by atoms with Gasteiger partial charge in [0.25, 0.3) is 5.91 Å². The van der Waals surface area contributed by atoms with Crippen molar-refractivity contribution in [2.75, 3.05) is 20.2 Å². The molecule has 2 aromatic heterocycles. The first-order chi connectivity index (χ1) is 13.2. The van der Waals surface area contributed by atoms with Crippen LogP contribution < -0.4 is 0 Å². The lowest BCUT2D eigenvalue weighted by atomic mass is 10.1. The van der Waals surface area contributed by atoms with Gasteiger partial charge in [-0.3, -0.25) is 4.79 Å². The molecule has 4 rings (SSSR count). The molecule has 1 fully saturated rings. The van der Waals surface area contributed by atoms with E-state index in [1.807, 2.05) is 35.9 Å². The van der Waals surface area contributed by atoms with Crippen molar-refractivity contribution in [3.63, 3.8) is 0 Å². The molecule has 27 heavy (non-hydrogen) atoms. The van der Waals surface area contributed by atoms with E-state index in [1.165, 1.54) is 12.0 Å². The molecule has 1 saturated heterocycles. The summed E-state index contributed by atoms with van der Waals surface area (Å²) in [5.41, 5.74) is 3.27. The molecule has 1 atom stereocenters. The number of benzene rings is 1. The Balaban J connectivity index is 1.49. The van der Waals surface area contributed by atoms with Gasteiger partial charge in [-0.1, -0.05) is 30.3 Å². The third kappa shape index (κ3) is 4.01. The van der Waals surface area contributed by atoms with Crippen LogP contribution >= 0.6 is 0 Å². The number of imidazole rings is 1. The van der Waals surface area contributed by atoms with E-state index in [-0.39, 0.29) is 12.0 Å². The second-order valence-electron chi connectivity index (χ2n) is 7.10. The molecule has 1 aliphatic rings. The molecule has 0 N–H and O–H groups in total. The van der Waals surface area contributed by atoms with Gasteiger partial charge in [-0.05, 0) is 30.9 Å². The van der Waals surface area contributed by atoms with Crippen molar-refractivity contribution in [3.05, 3.63) is 60.0 Å². The van der Waals surface area contributed by atoms with E-state index in [1.54, 1.807) is 17.4 Å². The standard InChI is InChI=1S/C21H24N4O2/c1-24(14-18-9-5-6-10-27-18)21(26)17-11-19-20(22-12-17)25(15-23-19)13-16-7-3-2-4-8-16/h2-4,7-8,11-12,15,18H,5-6,9-10,13-14H2,1H3. The minimum absolute atomic E-state index is 0.0452. The summed E-state index contributed by atoms with van der Waals surface area (Å²) in [6, 6.07) is 12.0. The van der Waals surface area contributed by atoms with E-state index in [2.05, 4.69) is 22.1 Å². The minimum Gasteiger partial charge on any atom is -0.376 e. The minimum atomic E-state index is -0.0452. The second kappa shape index (κ2) is 7.88. The molecule has 3 heterocycles. The third-order valence-corrected chi connectivity index (χ3v) is 5.00. The first-order valence-corrected chi connectivity index (χ1v) is 9.42. The largest absolute Gasteiger partial charge is 0.376 e. The van der Waals surface area contributed by atoms with Crippen LogP contribution in [0.3, 0.4) is 0 Å². The van der Waals surface area contributed by atoms with Gasteiger partial charge >= 0.3 is 0 Å². The molecular weight excluding hydrogens is 340 g/mol.